The monoisotopic (exact) mass is 364 g/mol. The lowest BCUT2D eigenvalue weighted by Crippen LogP contribution is -2.37. The minimum absolute atomic E-state index is 0.0131. The van der Waals surface area contributed by atoms with Gasteiger partial charge in [0.05, 0.1) is 16.3 Å². The highest BCUT2D eigenvalue weighted by atomic mass is 35.5. The van der Waals surface area contributed by atoms with Crippen molar-refractivity contribution in [3.05, 3.63) is 28.8 Å². The van der Waals surface area contributed by atoms with E-state index in [9.17, 15) is 14.4 Å². The summed E-state index contributed by atoms with van der Waals surface area (Å²) >= 11 is 6.16. The lowest BCUT2D eigenvalue weighted by atomic mass is 10.2. The van der Waals surface area contributed by atoms with Crippen molar-refractivity contribution in [1.82, 2.24) is 5.32 Å². The van der Waals surface area contributed by atoms with Gasteiger partial charge in [-0.25, -0.2) is 4.79 Å². The van der Waals surface area contributed by atoms with E-state index in [1.165, 1.54) is 6.07 Å². The quantitative estimate of drug-likeness (QED) is 0.787. The number of nitrogens with zero attached hydrogens (tertiary/aromatic N) is 1. The largest absolute Gasteiger partial charge is 0.452 e. The van der Waals surface area contributed by atoms with E-state index in [-0.39, 0.29) is 30.0 Å². The number of nitrogens with one attached hydrogen (secondary N) is 1. The van der Waals surface area contributed by atoms with Crippen LogP contribution in [0.1, 0.15) is 43.0 Å². The second kappa shape index (κ2) is 7.44. The summed E-state index contributed by atoms with van der Waals surface area (Å²) in [6.07, 6.45) is 3.50. The second-order valence-electron chi connectivity index (χ2n) is 6.58. The van der Waals surface area contributed by atoms with Crippen LogP contribution in [-0.2, 0) is 14.3 Å². The molecular formula is C18H21ClN2O4. The Hall–Kier alpha value is -2.08. The molecule has 2 aliphatic rings. The molecule has 1 saturated heterocycles. The molecule has 7 heteroatoms. The maximum Gasteiger partial charge on any atom is 0.338 e. The molecule has 1 aromatic rings. The fraction of sp³-hybridized carbons (Fsp3) is 0.500. The van der Waals surface area contributed by atoms with E-state index < -0.39 is 5.97 Å². The zero-order chi connectivity index (χ0) is 18.0. The summed E-state index contributed by atoms with van der Waals surface area (Å²) in [4.78, 5) is 37.5. The molecule has 1 N–H and O–H groups in total. The van der Waals surface area contributed by atoms with Crippen LogP contribution in [0.25, 0.3) is 0 Å². The molecule has 1 aromatic carbocycles. The third-order valence-corrected chi connectivity index (χ3v) is 4.92. The molecule has 0 aromatic heterocycles. The fourth-order valence-electron chi connectivity index (χ4n) is 2.97. The van der Waals surface area contributed by atoms with Crippen LogP contribution in [0.15, 0.2) is 18.2 Å². The van der Waals surface area contributed by atoms with E-state index in [0.29, 0.717) is 29.6 Å². The van der Waals surface area contributed by atoms with E-state index in [1.54, 1.807) is 17.0 Å². The van der Waals surface area contributed by atoms with E-state index in [2.05, 4.69) is 5.32 Å². The maximum absolute atomic E-state index is 12.2. The molecular weight excluding hydrogens is 344 g/mol. The van der Waals surface area contributed by atoms with E-state index in [4.69, 9.17) is 16.3 Å². The van der Waals surface area contributed by atoms with Gasteiger partial charge in [0.25, 0.3) is 5.91 Å². The predicted octanol–water partition coefficient (Wildman–Crippen LogP) is 2.54. The summed E-state index contributed by atoms with van der Waals surface area (Å²) in [5.74, 6) is -0.396. The van der Waals surface area contributed by atoms with Gasteiger partial charge in [-0.1, -0.05) is 11.6 Å². The number of hydrogen-bond acceptors (Lipinski definition) is 4. The number of ether oxygens (including phenoxy) is 1. The van der Waals surface area contributed by atoms with Gasteiger partial charge in [0.1, 0.15) is 0 Å². The second-order valence-corrected chi connectivity index (χ2v) is 6.99. The first-order valence-corrected chi connectivity index (χ1v) is 8.90. The summed E-state index contributed by atoms with van der Waals surface area (Å²) in [6, 6.07) is 4.74. The summed E-state index contributed by atoms with van der Waals surface area (Å²) in [5, 5.41) is 3.23. The first-order chi connectivity index (χ1) is 12.0. The highest BCUT2D eigenvalue weighted by Crippen LogP contribution is 2.32. The first kappa shape index (κ1) is 17.7. The molecule has 2 amide bonds. The van der Waals surface area contributed by atoms with Gasteiger partial charge in [-0.15, -0.1) is 0 Å². The van der Waals surface area contributed by atoms with Crippen LogP contribution in [0, 0.1) is 5.92 Å². The average molecular weight is 365 g/mol. The van der Waals surface area contributed by atoms with Crippen molar-refractivity contribution in [2.75, 3.05) is 18.1 Å². The molecule has 0 unspecified atom stereocenters. The summed E-state index contributed by atoms with van der Waals surface area (Å²) < 4.78 is 5.08. The number of halogens is 1. The maximum atomic E-state index is 12.2. The number of esters is 1. The molecule has 0 spiro atoms. The lowest BCUT2D eigenvalue weighted by Gasteiger charge is -2.18. The standard InChI is InChI=1S/C18H21ClN2O4/c1-11(12-4-5-12)20-16(22)10-25-18(24)13-6-7-14(19)15(9-13)21-8-2-3-17(21)23/h6-7,9,11-12H,2-5,8,10H2,1H3,(H,20,22)/t11-/m0/s1. The Morgan fingerprint density at radius 3 is 2.80 bits per heavy atom. The number of rotatable bonds is 6. The highest BCUT2D eigenvalue weighted by molar-refractivity contribution is 6.34. The van der Waals surface area contributed by atoms with Crippen LogP contribution in [0.4, 0.5) is 5.69 Å². The van der Waals surface area contributed by atoms with E-state index >= 15 is 0 Å². The molecule has 0 bridgehead atoms. The third-order valence-electron chi connectivity index (χ3n) is 4.60. The molecule has 1 heterocycles. The molecule has 1 aliphatic carbocycles. The Labute approximate surface area is 151 Å². The number of benzene rings is 1. The van der Waals surface area contributed by atoms with Crippen LogP contribution >= 0.6 is 11.6 Å². The molecule has 134 valence electrons. The van der Waals surface area contributed by atoms with Gasteiger partial charge >= 0.3 is 5.97 Å². The fourth-order valence-corrected chi connectivity index (χ4v) is 3.19. The molecule has 0 radical (unpaired) electrons. The van der Waals surface area contributed by atoms with Crippen molar-refractivity contribution in [3.8, 4) is 0 Å². The van der Waals surface area contributed by atoms with Crippen molar-refractivity contribution in [2.45, 2.75) is 38.6 Å². The Kier molecular flexibility index (Phi) is 5.27. The van der Waals surface area contributed by atoms with Crippen LogP contribution in [-0.4, -0.2) is 37.0 Å². The van der Waals surface area contributed by atoms with E-state index in [0.717, 1.165) is 19.3 Å². The summed E-state index contributed by atoms with van der Waals surface area (Å²) in [5.41, 5.74) is 0.771. The third kappa shape index (κ3) is 4.31. The molecule has 1 aliphatic heterocycles. The first-order valence-electron chi connectivity index (χ1n) is 8.52. The zero-order valence-electron chi connectivity index (χ0n) is 14.1. The Bertz CT molecular complexity index is 702. The molecule has 1 saturated carbocycles. The molecule has 6 nitrogen and oxygen atoms in total. The van der Waals surface area contributed by atoms with Gasteiger partial charge in [-0.05, 0) is 50.3 Å². The SMILES string of the molecule is C[C@H](NC(=O)COC(=O)c1ccc(Cl)c(N2CCCC2=O)c1)C1CC1. The Morgan fingerprint density at radius 1 is 1.40 bits per heavy atom. The van der Waals surface area contributed by atoms with Crippen molar-refractivity contribution < 1.29 is 19.1 Å². The Morgan fingerprint density at radius 2 is 2.16 bits per heavy atom. The topological polar surface area (TPSA) is 75.7 Å². The van der Waals surface area contributed by atoms with Gasteiger partial charge in [-0.3, -0.25) is 9.59 Å². The van der Waals surface area contributed by atoms with Crippen LogP contribution < -0.4 is 10.2 Å². The molecule has 3 rings (SSSR count). The zero-order valence-corrected chi connectivity index (χ0v) is 14.8. The minimum Gasteiger partial charge on any atom is -0.452 e. The van der Waals surface area contributed by atoms with Crippen LogP contribution in [0.2, 0.25) is 5.02 Å². The number of carbonyl (C=O) groups excluding carboxylic acids is 3. The number of anilines is 1. The predicted molar refractivity (Wildman–Crippen MR) is 93.7 cm³/mol. The average Bonchev–Trinajstić information content (AvgIpc) is 3.35. The van der Waals surface area contributed by atoms with Crippen molar-refractivity contribution in [3.63, 3.8) is 0 Å². The van der Waals surface area contributed by atoms with Gasteiger partial charge in [0.2, 0.25) is 5.91 Å². The number of hydrogen-bond donors (Lipinski definition) is 1. The van der Waals surface area contributed by atoms with Gasteiger partial charge < -0.3 is 15.0 Å². The molecule has 2 fully saturated rings. The summed E-state index contributed by atoms with van der Waals surface area (Å²) in [7, 11) is 0. The van der Waals surface area contributed by atoms with Crippen molar-refractivity contribution in [1.29, 1.82) is 0 Å². The van der Waals surface area contributed by atoms with Crippen molar-refractivity contribution >= 4 is 35.1 Å². The number of carbonyl (C=O) groups is 3. The number of amides is 2. The highest BCUT2D eigenvalue weighted by Gasteiger charge is 2.29. The minimum atomic E-state index is -0.612. The van der Waals surface area contributed by atoms with Gasteiger partial charge in [-0.2, -0.15) is 0 Å². The molecule has 1 atom stereocenters. The molecule has 25 heavy (non-hydrogen) atoms. The van der Waals surface area contributed by atoms with Crippen LogP contribution in [0.5, 0.6) is 0 Å². The lowest BCUT2D eigenvalue weighted by molar-refractivity contribution is -0.125. The van der Waals surface area contributed by atoms with Crippen molar-refractivity contribution in [2.24, 2.45) is 5.92 Å². The van der Waals surface area contributed by atoms with E-state index in [1.807, 2.05) is 6.92 Å². The smallest absolute Gasteiger partial charge is 0.338 e. The van der Waals surface area contributed by atoms with Gasteiger partial charge in [0, 0.05) is 19.0 Å². The summed E-state index contributed by atoms with van der Waals surface area (Å²) in [6.45, 7) is 2.21. The normalized spacial score (nSPS) is 18.2. The van der Waals surface area contributed by atoms with Crippen LogP contribution in [0.3, 0.4) is 0 Å². The van der Waals surface area contributed by atoms with Gasteiger partial charge in [0.15, 0.2) is 6.61 Å². The Balaban J connectivity index is 1.60.